The predicted molar refractivity (Wildman–Crippen MR) is 179 cm³/mol. The molecule has 3 rings (SSSR count). The maximum atomic E-state index is 14.3. The number of alkyl halides is 2. The Morgan fingerprint density at radius 3 is 2.20 bits per heavy atom. The van der Waals surface area contributed by atoms with Crippen molar-refractivity contribution in [2.45, 2.75) is 66.9 Å². The van der Waals surface area contributed by atoms with Gasteiger partial charge in [0.2, 0.25) is 6.41 Å². The summed E-state index contributed by atoms with van der Waals surface area (Å²) in [6, 6.07) is 7.84. The lowest BCUT2D eigenvalue weighted by Gasteiger charge is -2.17. The summed E-state index contributed by atoms with van der Waals surface area (Å²) < 4.78 is 64.5. The first-order valence-corrected chi connectivity index (χ1v) is 15.0. The Kier molecular flexibility index (Phi) is 21.0. The first-order valence-electron chi connectivity index (χ1n) is 14.6. The number of rotatable bonds is 10. The van der Waals surface area contributed by atoms with Gasteiger partial charge in [0.15, 0.2) is 11.6 Å². The number of aryl methyl sites for hydroxylation is 3. The van der Waals surface area contributed by atoms with Crippen LogP contribution < -0.4 is 36.7 Å². The van der Waals surface area contributed by atoms with Gasteiger partial charge in [0.05, 0.1) is 18.7 Å². The van der Waals surface area contributed by atoms with Crippen molar-refractivity contribution in [2.75, 3.05) is 13.7 Å². The molecule has 0 bridgehead atoms. The number of benzene rings is 2. The molecule has 0 saturated carbocycles. The highest BCUT2D eigenvalue weighted by Gasteiger charge is 2.21. The van der Waals surface area contributed by atoms with E-state index >= 15 is 0 Å². The fourth-order valence-electron chi connectivity index (χ4n) is 3.84. The van der Waals surface area contributed by atoms with Gasteiger partial charge in [-0.2, -0.15) is 8.78 Å². The summed E-state index contributed by atoms with van der Waals surface area (Å²) in [6.45, 7) is 11.5. The standard InChI is InChI=1S/C27H27ClF4N2O2.C3H7N.C3H8.CH3NO/c1-5-17-13-19(8-7-16-11-18(14-33-27(31)32)15(3)22(12-16)35-4)34-25(26(17)36-6-2)20-9-10-21(29)24(30)23(20)28;1-2-3-4;1-3-2;2-1-3/h9-14,27,33H,3,5-8H2,1-2,4H3;2-3H,4H2,1H3;3H2,1-2H3;1H,(H2,2,3)/b18-14-;3-2-;;. The molecule has 7 nitrogen and oxygen atoms in total. The number of nitrogens with one attached hydrogen (secondary N) is 1. The van der Waals surface area contributed by atoms with Gasteiger partial charge in [-0.1, -0.05) is 51.4 Å². The van der Waals surface area contributed by atoms with Crippen molar-refractivity contribution in [3.05, 3.63) is 86.5 Å². The smallest absolute Gasteiger partial charge is 0.312 e. The molecule has 1 heterocycles. The Morgan fingerprint density at radius 2 is 1.70 bits per heavy atom. The van der Waals surface area contributed by atoms with Crippen LogP contribution in [-0.4, -0.2) is 31.7 Å². The topological polar surface area (TPSA) is 112 Å². The monoisotopic (exact) mass is 668 g/mol. The molecule has 0 aliphatic rings. The molecular formula is C34H45ClF4N4O3. The zero-order valence-electron chi connectivity index (χ0n) is 27.2. The number of hydrogen-bond donors (Lipinski definition) is 3. The van der Waals surface area contributed by atoms with Gasteiger partial charge in [-0.15, -0.1) is 0 Å². The molecule has 0 aliphatic carbocycles. The Hall–Kier alpha value is -4.25. The van der Waals surface area contributed by atoms with Gasteiger partial charge in [0.25, 0.3) is 0 Å². The van der Waals surface area contributed by atoms with E-state index in [0.29, 0.717) is 59.2 Å². The number of allylic oxidation sites excluding steroid dienone is 1. The maximum absolute atomic E-state index is 14.3. The third kappa shape index (κ3) is 13.4. The number of amides is 1. The number of carbonyl (C=O) groups is 1. The van der Waals surface area contributed by atoms with Crippen LogP contribution in [0.2, 0.25) is 5.02 Å². The summed E-state index contributed by atoms with van der Waals surface area (Å²) in [4.78, 5) is 13.3. The van der Waals surface area contributed by atoms with Crippen molar-refractivity contribution >= 4 is 30.8 Å². The molecule has 46 heavy (non-hydrogen) atoms. The molecule has 3 aromatic rings. The van der Waals surface area contributed by atoms with Crippen LogP contribution in [-0.2, 0) is 24.1 Å². The van der Waals surface area contributed by atoms with E-state index in [4.69, 9.17) is 36.6 Å². The molecule has 2 aromatic carbocycles. The van der Waals surface area contributed by atoms with Crippen LogP contribution in [0.3, 0.4) is 0 Å². The minimum Gasteiger partial charge on any atom is -0.496 e. The SMILES string of the molecule is C/C=C\N.C=c1c(OC)cc(CCc2cc(CC)c(OCC)c(-c3ccc(F)c(F)c3Cl)n2)c/c1=C/NC(F)F.CCC.NC=O. The van der Waals surface area contributed by atoms with Crippen LogP contribution in [0.1, 0.15) is 57.9 Å². The minimum absolute atomic E-state index is 0.230. The number of primary amides is 1. The van der Waals surface area contributed by atoms with Crippen LogP contribution in [0.4, 0.5) is 17.6 Å². The van der Waals surface area contributed by atoms with Crippen LogP contribution in [0, 0.1) is 11.6 Å². The average molecular weight is 669 g/mol. The third-order valence-electron chi connectivity index (χ3n) is 5.81. The molecule has 0 fully saturated rings. The number of halogens is 5. The largest absolute Gasteiger partial charge is 0.496 e. The van der Waals surface area contributed by atoms with E-state index in [9.17, 15) is 17.6 Å². The molecule has 0 aliphatic heterocycles. The summed E-state index contributed by atoms with van der Waals surface area (Å²) >= 11 is 6.15. The summed E-state index contributed by atoms with van der Waals surface area (Å²) in [7, 11) is 1.48. The summed E-state index contributed by atoms with van der Waals surface area (Å²) in [5.74, 6) is -1.26. The highest BCUT2D eigenvalue weighted by molar-refractivity contribution is 6.33. The maximum Gasteiger partial charge on any atom is 0.312 e. The Bertz CT molecular complexity index is 1500. The molecule has 0 atom stereocenters. The van der Waals surface area contributed by atoms with E-state index in [1.807, 2.05) is 32.2 Å². The molecule has 0 radical (unpaired) electrons. The summed E-state index contributed by atoms with van der Waals surface area (Å²) in [5, 5.41) is 2.57. The van der Waals surface area contributed by atoms with E-state index in [0.717, 1.165) is 17.2 Å². The minimum atomic E-state index is -2.71. The summed E-state index contributed by atoms with van der Waals surface area (Å²) in [5.41, 5.74) is 11.9. The lowest BCUT2D eigenvalue weighted by Crippen LogP contribution is -2.29. The molecule has 0 unspecified atom stereocenters. The second kappa shape index (κ2) is 23.1. The number of nitrogens with zero attached hydrogens (tertiary/aromatic N) is 1. The van der Waals surface area contributed by atoms with Gasteiger partial charge in [-0.3, -0.25) is 4.79 Å². The van der Waals surface area contributed by atoms with Crippen molar-refractivity contribution in [3.63, 3.8) is 0 Å². The van der Waals surface area contributed by atoms with Crippen molar-refractivity contribution in [1.82, 2.24) is 10.3 Å². The van der Waals surface area contributed by atoms with Crippen LogP contribution in [0.5, 0.6) is 11.5 Å². The average Bonchev–Trinajstić information content (AvgIpc) is 3.04. The molecule has 0 saturated heterocycles. The number of carbonyl (C=O) groups excluding carboxylic acids is 1. The fourth-order valence-corrected chi connectivity index (χ4v) is 4.08. The highest BCUT2D eigenvalue weighted by Crippen LogP contribution is 2.38. The predicted octanol–water partition coefficient (Wildman–Crippen LogP) is 6.39. The number of pyridine rings is 1. The Labute approximate surface area is 274 Å². The zero-order valence-corrected chi connectivity index (χ0v) is 28.0. The van der Waals surface area contributed by atoms with Crippen LogP contribution >= 0.6 is 11.6 Å². The van der Waals surface area contributed by atoms with E-state index in [-0.39, 0.29) is 17.0 Å². The molecule has 5 N–H and O–H groups in total. The van der Waals surface area contributed by atoms with Crippen molar-refractivity contribution in [1.29, 1.82) is 0 Å². The number of methoxy groups -OCH3 is 1. The van der Waals surface area contributed by atoms with E-state index in [2.05, 4.69) is 26.2 Å². The van der Waals surface area contributed by atoms with Gasteiger partial charge in [0, 0.05) is 27.9 Å². The highest BCUT2D eigenvalue weighted by atomic mass is 35.5. The Balaban J connectivity index is 0.00000178. The number of hydrogen-bond acceptors (Lipinski definition) is 6. The third-order valence-corrected chi connectivity index (χ3v) is 6.18. The van der Waals surface area contributed by atoms with Crippen molar-refractivity contribution in [2.24, 2.45) is 11.5 Å². The zero-order chi connectivity index (χ0) is 35.2. The number of nitrogens with two attached hydrogens (primary N) is 2. The molecule has 1 aromatic heterocycles. The fraction of sp³-hybridized carbons (Fsp3) is 0.353. The van der Waals surface area contributed by atoms with Crippen LogP contribution in [0.25, 0.3) is 24.0 Å². The normalized spacial score (nSPS) is 10.7. The van der Waals surface area contributed by atoms with Crippen molar-refractivity contribution in [3.8, 4) is 22.8 Å². The van der Waals surface area contributed by atoms with E-state index < -0.39 is 18.2 Å². The quantitative estimate of drug-likeness (QED) is 0.0999. The summed E-state index contributed by atoms with van der Waals surface area (Å²) in [6.07, 6.45) is 7.56. The molecule has 1 amide bonds. The van der Waals surface area contributed by atoms with Gasteiger partial charge >= 0.3 is 6.55 Å². The van der Waals surface area contributed by atoms with Gasteiger partial charge < -0.3 is 26.3 Å². The van der Waals surface area contributed by atoms with Crippen molar-refractivity contribution < 1.29 is 31.8 Å². The number of aromatic nitrogens is 1. The first-order chi connectivity index (χ1) is 21.9. The van der Waals surface area contributed by atoms with Gasteiger partial charge in [0.1, 0.15) is 17.2 Å². The second-order valence-electron chi connectivity index (χ2n) is 9.31. The Morgan fingerprint density at radius 1 is 1.09 bits per heavy atom. The first kappa shape index (κ1) is 41.8. The lowest BCUT2D eigenvalue weighted by molar-refractivity contribution is -0.106. The number of ether oxygens (including phenoxy) is 2. The second-order valence-corrected chi connectivity index (χ2v) is 9.68. The van der Waals surface area contributed by atoms with E-state index in [1.54, 1.807) is 18.2 Å². The molecule has 12 heteroatoms. The lowest BCUT2D eigenvalue weighted by atomic mass is 10.0. The van der Waals surface area contributed by atoms with Gasteiger partial charge in [-0.05, 0) is 80.8 Å². The van der Waals surface area contributed by atoms with Gasteiger partial charge in [-0.25, -0.2) is 13.8 Å². The molecule has 254 valence electrons. The van der Waals surface area contributed by atoms with E-state index in [1.165, 1.54) is 32.0 Å². The van der Waals surface area contributed by atoms with Crippen LogP contribution in [0.15, 0.2) is 42.6 Å². The molecular weight excluding hydrogens is 624 g/mol. The molecule has 0 spiro atoms.